The summed E-state index contributed by atoms with van der Waals surface area (Å²) >= 11 is 0. The minimum absolute atomic E-state index is 0.0955. The summed E-state index contributed by atoms with van der Waals surface area (Å²) in [5.41, 5.74) is -0.889. The van der Waals surface area contributed by atoms with Crippen molar-refractivity contribution in [2.24, 2.45) is 0 Å². The second-order valence-electron chi connectivity index (χ2n) is 4.84. The van der Waals surface area contributed by atoms with E-state index >= 15 is 0 Å². The molecule has 2 unspecified atom stereocenters. The van der Waals surface area contributed by atoms with Crippen LogP contribution in [0.3, 0.4) is 0 Å². The van der Waals surface area contributed by atoms with Crippen molar-refractivity contribution in [1.29, 1.82) is 0 Å². The van der Waals surface area contributed by atoms with Gasteiger partial charge in [-0.1, -0.05) is 12.0 Å². The highest BCUT2D eigenvalue weighted by Gasteiger charge is 2.32. The SMILES string of the molecule is CCC(C)(OC)C(=O)Nc1nnc(C2CCCN2)o1. The highest BCUT2D eigenvalue weighted by Crippen LogP contribution is 2.23. The maximum atomic E-state index is 12.0. The summed E-state index contributed by atoms with van der Waals surface area (Å²) in [6.45, 7) is 4.55. The zero-order valence-electron chi connectivity index (χ0n) is 11.5. The fourth-order valence-electron chi connectivity index (χ4n) is 1.95. The second-order valence-corrected chi connectivity index (χ2v) is 4.84. The third kappa shape index (κ3) is 2.93. The van der Waals surface area contributed by atoms with E-state index in [-0.39, 0.29) is 18.0 Å². The Morgan fingerprint density at radius 2 is 2.42 bits per heavy atom. The zero-order valence-corrected chi connectivity index (χ0v) is 11.5. The molecule has 1 aliphatic heterocycles. The van der Waals surface area contributed by atoms with Crippen LogP contribution in [-0.2, 0) is 9.53 Å². The molecule has 0 spiro atoms. The van der Waals surface area contributed by atoms with Gasteiger partial charge in [0, 0.05) is 7.11 Å². The monoisotopic (exact) mass is 268 g/mol. The molecule has 2 rings (SSSR count). The molecule has 0 aliphatic carbocycles. The molecule has 2 N–H and O–H groups in total. The van der Waals surface area contributed by atoms with Crippen LogP contribution in [0.2, 0.25) is 0 Å². The summed E-state index contributed by atoms with van der Waals surface area (Å²) in [4.78, 5) is 12.0. The highest BCUT2D eigenvalue weighted by molar-refractivity contribution is 5.95. The van der Waals surface area contributed by atoms with E-state index in [9.17, 15) is 4.79 Å². The molecule has 2 atom stereocenters. The number of carbonyl (C=O) groups is 1. The first-order valence-corrected chi connectivity index (χ1v) is 6.52. The minimum atomic E-state index is -0.889. The number of ether oxygens (including phenoxy) is 1. The van der Waals surface area contributed by atoms with Crippen molar-refractivity contribution >= 4 is 11.9 Å². The fraction of sp³-hybridized carbons (Fsp3) is 0.750. The largest absolute Gasteiger partial charge is 0.406 e. The molecular formula is C12H20N4O3. The van der Waals surface area contributed by atoms with Gasteiger partial charge in [-0.15, -0.1) is 5.10 Å². The summed E-state index contributed by atoms with van der Waals surface area (Å²) in [5.74, 6) is 0.232. The van der Waals surface area contributed by atoms with E-state index in [0.29, 0.717) is 12.3 Å². The topological polar surface area (TPSA) is 89.3 Å². The molecule has 1 aromatic rings. The summed E-state index contributed by atoms with van der Waals surface area (Å²) in [7, 11) is 1.50. The smallest absolute Gasteiger partial charge is 0.322 e. The molecule has 1 aliphatic rings. The van der Waals surface area contributed by atoms with Crippen molar-refractivity contribution in [1.82, 2.24) is 15.5 Å². The van der Waals surface area contributed by atoms with E-state index in [0.717, 1.165) is 19.4 Å². The van der Waals surface area contributed by atoms with Crippen LogP contribution in [0.4, 0.5) is 6.01 Å². The third-order valence-corrected chi connectivity index (χ3v) is 3.63. The van der Waals surface area contributed by atoms with Crippen LogP contribution in [-0.4, -0.2) is 35.4 Å². The number of hydrogen-bond donors (Lipinski definition) is 2. The van der Waals surface area contributed by atoms with Crippen molar-refractivity contribution in [3.05, 3.63) is 5.89 Å². The van der Waals surface area contributed by atoms with E-state index in [2.05, 4.69) is 20.8 Å². The van der Waals surface area contributed by atoms with Crippen molar-refractivity contribution in [3.8, 4) is 0 Å². The van der Waals surface area contributed by atoms with Gasteiger partial charge in [-0.25, -0.2) is 0 Å². The molecule has 7 nitrogen and oxygen atoms in total. The van der Waals surface area contributed by atoms with E-state index in [1.807, 2.05) is 6.92 Å². The molecule has 0 saturated carbocycles. The molecule has 2 heterocycles. The number of aromatic nitrogens is 2. The van der Waals surface area contributed by atoms with Gasteiger partial charge < -0.3 is 14.5 Å². The Kier molecular flexibility index (Phi) is 4.16. The van der Waals surface area contributed by atoms with Crippen LogP contribution >= 0.6 is 0 Å². The van der Waals surface area contributed by atoms with Gasteiger partial charge in [0.15, 0.2) is 0 Å². The third-order valence-electron chi connectivity index (χ3n) is 3.63. The second kappa shape index (κ2) is 5.66. The maximum absolute atomic E-state index is 12.0. The molecule has 19 heavy (non-hydrogen) atoms. The van der Waals surface area contributed by atoms with E-state index in [1.165, 1.54) is 7.11 Å². The fourth-order valence-corrected chi connectivity index (χ4v) is 1.95. The summed E-state index contributed by atoms with van der Waals surface area (Å²) in [6.07, 6.45) is 2.62. The predicted octanol–water partition coefficient (Wildman–Crippen LogP) is 1.25. The van der Waals surface area contributed by atoms with Crippen LogP contribution in [0.15, 0.2) is 4.42 Å². The number of rotatable bonds is 5. The Bertz CT molecular complexity index is 436. The Labute approximate surface area is 112 Å². The number of methoxy groups -OCH3 is 1. The van der Waals surface area contributed by atoms with Crippen LogP contribution in [0.1, 0.15) is 45.0 Å². The van der Waals surface area contributed by atoms with E-state index in [4.69, 9.17) is 9.15 Å². The van der Waals surface area contributed by atoms with Gasteiger partial charge in [-0.05, 0) is 32.7 Å². The van der Waals surface area contributed by atoms with Crippen LogP contribution in [0, 0.1) is 0 Å². The van der Waals surface area contributed by atoms with Crippen molar-refractivity contribution in [2.75, 3.05) is 19.0 Å². The molecule has 0 bridgehead atoms. The van der Waals surface area contributed by atoms with Gasteiger partial charge >= 0.3 is 6.01 Å². The summed E-state index contributed by atoms with van der Waals surface area (Å²) in [5, 5.41) is 13.6. The molecule has 7 heteroatoms. The van der Waals surface area contributed by atoms with Gasteiger partial charge in [0.25, 0.3) is 5.91 Å². The Morgan fingerprint density at radius 3 is 3.00 bits per heavy atom. The predicted molar refractivity (Wildman–Crippen MR) is 68.6 cm³/mol. The standard InChI is InChI=1S/C12H20N4O3/c1-4-12(2,18-3)10(17)14-11-16-15-9(19-11)8-6-5-7-13-8/h8,13H,4-7H2,1-3H3,(H,14,16,17). The first-order chi connectivity index (χ1) is 9.09. The van der Waals surface area contributed by atoms with Crippen LogP contribution < -0.4 is 10.6 Å². The number of anilines is 1. The molecular weight excluding hydrogens is 248 g/mol. The zero-order chi connectivity index (χ0) is 13.9. The van der Waals surface area contributed by atoms with Gasteiger partial charge in [0.1, 0.15) is 5.60 Å². The van der Waals surface area contributed by atoms with Crippen molar-refractivity contribution in [2.45, 2.75) is 44.8 Å². The Morgan fingerprint density at radius 1 is 1.63 bits per heavy atom. The summed E-state index contributed by atoms with van der Waals surface area (Å²) in [6, 6.07) is 0.212. The minimum Gasteiger partial charge on any atom is -0.406 e. The van der Waals surface area contributed by atoms with E-state index in [1.54, 1.807) is 6.92 Å². The van der Waals surface area contributed by atoms with E-state index < -0.39 is 5.60 Å². The number of nitrogens with one attached hydrogen (secondary N) is 2. The molecule has 1 aromatic heterocycles. The normalized spacial score (nSPS) is 22.2. The Balaban J connectivity index is 2.01. The number of hydrogen-bond acceptors (Lipinski definition) is 6. The average Bonchev–Trinajstić information content (AvgIpc) is 3.07. The first kappa shape index (κ1) is 14.0. The highest BCUT2D eigenvalue weighted by atomic mass is 16.5. The van der Waals surface area contributed by atoms with Gasteiger partial charge in [0.05, 0.1) is 6.04 Å². The lowest BCUT2D eigenvalue weighted by Crippen LogP contribution is -2.41. The lowest BCUT2D eigenvalue weighted by molar-refractivity contribution is -0.136. The molecule has 1 saturated heterocycles. The molecule has 106 valence electrons. The maximum Gasteiger partial charge on any atom is 0.322 e. The first-order valence-electron chi connectivity index (χ1n) is 6.52. The molecule has 0 aromatic carbocycles. The number of nitrogens with zero attached hydrogens (tertiary/aromatic N) is 2. The van der Waals surface area contributed by atoms with Gasteiger partial charge in [-0.3, -0.25) is 10.1 Å². The van der Waals surface area contributed by atoms with Crippen molar-refractivity contribution < 1.29 is 13.9 Å². The lowest BCUT2D eigenvalue weighted by atomic mass is 10.0. The van der Waals surface area contributed by atoms with Crippen molar-refractivity contribution in [3.63, 3.8) is 0 Å². The average molecular weight is 268 g/mol. The number of carbonyl (C=O) groups excluding carboxylic acids is 1. The van der Waals surface area contributed by atoms with Crippen LogP contribution in [0.25, 0.3) is 0 Å². The van der Waals surface area contributed by atoms with Gasteiger partial charge in [-0.2, -0.15) is 0 Å². The molecule has 0 radical (unpaired) electrons. The Hall–Kier alpha value is -1.47. The molecule has 1 amide bonds. The summed E-state index contributed by atoms with van der Waals surface area (Å²) < 4.78 is 10.7. The van der Waals surface area contributed by atoms with Gasteiger partial charge in [0.2, 0.25) is 5.89 Å². The van der Waals surface area contributed by atoms with Crippen LogP contribution in [0.5, 0.6) is 0 Å². The quantitative estimate of drug-likeness (QED) is 0.835. The lowest BCUT2D eigenvalue weighted by Gasteiger charge is -2.23. The molecule has 1 fully saturated rings. The number of amides is 1.